The molecule has 0 aliphatic heterocycles. The van der Waals surface area contributed by atoms with Crippen LogP contribution < -0.4 is 0 Å². The van der Waals surface area contributed by atoms with Crippen molar-refractivity contribution in [3.8, 4) is 22.8 Å². The highest BCUT2D eigenvalue weighted by Crippen LogP contribution is 2.44. The lowest BCUT2D eigenvalue weighted by Gasteiger charge is -2.26. The summed E-state index contributed by atoms with van der Waals surface area (Å²) in [5, 5.41) is 0. The molecule has 204 valence electrons. The van der Waals surface area contributed by atoms with Crippen molar-refractivity contribution in [3.63, 3.8) is 0 Å². The zero-order valence-electron chi connectivity index (χ0n) is 23.6. The van der Waals surface area contributed by atoms with Gasteiger partial charge >= 0.3 is 0 Å². The SMILES string of the molecule is C=C/C=C(\C=C/C1=CC(c2nc(-c3ccccc3)nc(-c3ccccc3)n2)=C[C@H]1C1=CC=C1C1=CC=C1)c1ccccc1. The first-order valence-electron chi connectivity index (χ1n) is 14.4. The number of hydrogen-bond donors (Lipinski definition) is 0. The van der Waals surface area contributed by atoms with Gasteiger partial charge in [-0.2, -0.15) is 0 Å². The van der Waals surface area contributed by atoms with E-state index in [0.717, 1.165) is 27.8 Å². The molecular formula is C40H29N3. The fraction of sp³-hybridized carbons (Fsp3) is 0.0250. The molecule has 3 aromatic carbocycles. The summed E-state index contributed by atoms with van der Waals surface area (Å²) in [7, 11) is 0. The van der Waals surface area contributed by atoms with E-state index in [1.54, 1.807) is 0 Å². The largest absolute Gasteiger partial charge is 0.208 e. The number of hydrogen-bond acceptors (Lipinski definition) is 3. The van der Waals surface area contributed by atoms with Crippen LogP contribution in [0.5, 0.6) is 0 Å². The Morgan fingerprint density at radius 3 is 1.81 bits per heavy atom. The number of rotatable bonds is 9. The fourth-order valence-electron chi connectivity index (χ4n) is 5.45. The smallest absolute Gasteiger partial charge is 0.164 e. The summed E-state index contributed by atoms with van der Waals surface area (Å²) in [4.78, 5) is 14.9. The first-order valence-corrected chi connectivity index (χ1v) is 14.4. The minimum atomic E-state index is 0.0824. The summed E-state index contributed by atoms with van der Waals surface area (Å²) in [5.74, 6) is 2.07. The van der Waals surface area contributed by atoms with Crippen molar-refractivity contribution >= 4 is 11.1 Å². The Morgan fingerprint density at radius 1 is 0.674 bits per heavy atom. The highest BCUT2D eigenvalue weighted by molar-refractivity contribution is 5.82. The van der Waals surface area contributed by atoms with Gasteiger partial charge in [0.05, 0.1) is 0 Å². The van der Waals surface area contributed by atoms with E-state index in [1.807, 2.05) is 78.9 Å². The van der Waals surface area contributed by atoms with Gasteiger partial charge in [0.2, 0.25) is 0 Å². The average molecular weight is 552 g/mol. The van der Waals surface area contributed by atoms with Crippen LogP contribution in [-0.4, -0.2) is 15.0 Å². The number of aromatic nitrogens is 3. The predicted molar refractivity (Wildman–Crippen MR) is 177 cm³/mol. The maximum Gasteiger partial charge on any atom is 0.164 e. The zero-order valence-corrected chi connectivity index (χ0v) is 23.6. The van der Waals surface area contributed by atoms with Crippen molar-refractivity contribution in [2.75, 3.05) is 0 Å². The molecule has 0 saturated carbocycles. The zero-order chi connectivity index (χ0) is 29.0. The van der Waals surface area contributed by atoms with Crippen LogP contribution in [-0.2, 0) is 0 Å². The molecule has 0 N–H and O–H groups in total. The highest BCUT2D eigenvalue weighted by Gasteiger charge is 2.29. The number of allylic oxidation sites excluding steroid dienone is 17. The van der Waals surface area contributed by atoms with E-state index in [2.05, 4.69) is 85.5 Å². The predicted octanol–water partition coefficient (Wildman–Crippen LogP) is 9.33. The number of nitrogens with zero attached hydrogens (tertiary/aromatic N) is 3. The average Bonchev–Trinajstić information content (AvgIpc) is 3.44. The summed E-state index contributed by atoms with van der Waals surface area (Å²) in [6, 6.07) is 30.6. The molecule has 0 bridgehead atoms. The van der Waals surface area contributed by atoms with Crippen LogP contribution in [0.4, 0.5) is 0 Å². The molecule has 1 heterocycles. The molecule has 0 spiro atoms. The molecule has 7 rings (SSSR count). The van der Waals surface area contributed by atoms with Crippen LogP contribution in [0.1, 0.15) is 11.4 Å². The third-order valence-corrected chi connectivity index (χ3v) is 7.78. The van der Waals surface area contributed by atoms with Crippen LogP contribution >= 0.6 is 0 Å². The maximum atomic E-state index is 5.00. The highest BCUT2D eigenvalue weighted by atomic mass is 15.0. The first kappa shape index (κ1) is 26.2. The van der Waals surface area contributed by atoms with E-state index in [9.17, 15) is 0 Å². The van der Waals surface area contributed by atoms with E-state index in [1.165, 1.54) is 22.3 Å². The molecule has 3 heteroatoms. The lowest BCUT2D eigenvalue weighted by molar-refractivity contribution is 0.936. The molecule has 0 unspecified atom stereocenters. The lowest BCUT2D eigenvalue weighted by Crippen LogP contribution is -2.11. The number of benzene rings is 3. The Balaban J connectivity index is 1.32. The molecule has 0 radical (unpaired) electrons. The van der Waals surface area contributed by atoms with Crippen molar-refractivity contribution in [2.24, 2.45) is 5.92 Å². The van der Waals surface area contributed by atoms with Crippen LogP contribution in [0.25, 0.3) is 33.9 Å². The monoisotopic (exact) mass is 551 g/mol. The Kier molecular flexibility index (Phi) is 7.12. The van der Waals surface area contributed by atoms with E-state index in [-0.39, 0.29) is 5.92 Å². The van der Waals surface area contributed by atoms with Gasteiger partial charge in [-0.05, 0) is 39.5 Å². The molecule has 1 aromatic heterocycles. The van der Waals surface area contributed by atoms with E-state index in [4.69, 9.17) is 15.0 Å². The van der Waals surface area contributed by atoms with Gasteiger partial charge in [-0.15, -0.1) is 0 Å². The van der Waals surface area contributed by atoms with Crippen molar-refractivity contribution in [1.29, 1.82) is 0 Å². The van der Waals surface area contributed by atoms with Crippen molar-refractivity contribution < 1.29 is 0 Å². The van der Waals surface area contributed by atoms with Gasteiger partial charge in [0.1, 0.15) is 0 Å². The molecule has 3 aliphatic carbocycles. The van der Waals surface area contributed by atoms with Gasteiger partial charge in [0, 0.05) is 22.6 Å². The molecule has 4 aromatic rings. The Hall–Kier alpha value is -5.67. The molecule has 0 amide bonds. The van der Waals surface area contributed by atoms with Gasteiger partial charge in [-0.25, -0.2) is 15.0 Å². The third-order valence-electron chi connectivity index (χ3n) is 7.78. The van der Waals surface area contributed by atoms with Gasteiger partial charge in [0.25, 0.3) is 0 Å². The van der Waals surface area contributed by atoms with E-state index in [0.29, 0.717) is 17.5 Å². The summed E-state index contributed by atoms with van der Waals surface area (Å²) in [6.07, 6.45) is 23.6. The Labute approximate surface area is 252 Å². The third kappa shape index (κ3) is 5.37. The van der Waals surface area contributed by atoms with Crippen LogP contribution in [0.3, 0.4) is 0 Å². The fourth-order valence-corrected chi connectivity index (χ4v) is 5.45. The maximum absolute atomic E-state index is 5.00. The quantitative estimate of drug-likeness (QED) is 0.195. The molecular weight excluding hydrogens is 522 g/mol. The molecule has 1 atom stereocenters. The molecule has 3 nitrogen and oxygen atoms in total. The van der Waals surface area contributed by atoms with Gasteiger partial charge in [-0.1, -0.05) is 158 Å². The van der Waals surface area contributed by atoms with Gasteiger partial charge < -0.3 is 0 Å². The first-order chi connectivity index (χ1) is 21.3. The normalized spacial score (nSPS) is 17.3. The van der Waals surface area contributed by atoms with Crippen molar-refractivity contribution in [1.82, 2.24) is 15.0 Å². The second-order valence-corrected chi connectivity index (χ2v) is 10.5. The standard InChI is InChI=1S/C40H29N3/c1-2-13-28(29-14-6-3-7-15-29)22-23-33-26-34(27-37(33)36-25-24-35(36)30-20-12-21-30)40-42-38(31-16-8-4-9-17-31)41-39(43-40)32-18-10-5-11-19-32/h2-27,37H,1H2/b23-22-,28-13+/t37-/m1/s1. The summed E-state index contributed by atoms with van der Waals surface area (Å²) in [6.45, 7) is 3.95. The molecule has 3 aliphatic rings. The minimum absolute atomic E-state index is 0.0824. The summed E-state index contributed by atoms with van der Waals surface area (Å²) in [5.41, 5.74) is 10.2. The second-order valence-electron chi connectivity index (χ2n) is 10.5. The second kappa shape index (κ2) is 11.7. The Bertz CT molecular complexity index is 1890. The topological polar surface area (TPSA) is 38.7 Å². The van der Waals surface area contributed by atoms with Gasteiger partial charge in [-0.3, -0.25) is 0 Å². The Morgan fingerprint density at radius 2 is 1.28 bits per heavy atom. The van der Waals surface area contributed by atoms with Gasteiger partial charge in [0.15, 0.2) is 17.5 Å². The summed E-state index contributed by atoms with van der Waals surface area (Å²) >= 11 is 0. The van der Waals surface area contributed by atoms with Crippen LogP contribution in [0.2, 0.25) is 0 Å². The summed E-state index contributed by atoms with van der Waals surface area (Å²) < 4.78 is 0. The van der Waals surface area contributed by atoms with Crippen LogP contribution in [0.15, 0.2) is 187 Å². The van der Waals surface area contributed by atoms with Crippen molar-refractivity contribution in [2.45, 2.75) is 0 Å². The molecule has 0 saturated heterocycles. The minimum Gasteiger partial charge on any atom is -0.208 e. The lowest BCUT2D eigenvalue weighted by atomic mass is 9.77. The van der Waals surface area contributed by atoms with Crippen molar-refractivity contribution in [3.05, 3.63) is 198 Å². The van der Waals surface area contributed by atoms with Crippen LogP contribution in [0, 0.1) is 5.92 Å². The van der Waals surface area contributed by atoms with E-state index >= 15 is 0 Å². The molecule has 0 fully saturated rings. The van der Waals surface area contributed by atoms with E-state index < -0.39 is 0 Å². The molecule has 43 heavy (non-hydrogen) atoms.